The zero-order valence-electron chi connectivity index (χ0n) is 32.9. The third kappa shape index (κ3) is 5.96. The van der Waals surface area contributed by atoms with Gasteiger partial charge < -0.3 is 0 Å². The predicted molar refractivity (Wildman–Crippen MR) is 265 cm³/mol. The zero-order chi connectivity index (χ0) is 38.0. The van der Waals surface area contributed by atoms with Crippen molar-refractivity contribution in [1.29, 1.82) is 0 Å². The molecule has 0 aliphatic heterocycles. The number of allylic oxidation sites excluding steroid dienone is 10. The van der Waals surface area contributed by atoms with E-state index in [0.717, 1.165) is 16.7 Å². The minimum absolute atomic E-state index is 0.291. The lowest BCUT2D eigenvalue weighted by Gasteiger charge is -2.22. The Labute approximate surface area is 330 Å². The van der Waals surface area contributed by atoms with Crippen molar-refractivity contribution >= 4 is 152 Å². The van der Waals surface area contributed by atoms with Gasteiger partial charge in [-0.25, -0.2) is 0 Å². The Hall–Kier alpha value is -5.05. The summed E-state index contributed by atoms with van der Waals surface area (Å²) in [5, 5.41) is 7.73. The smallest absolute Gasteiger partial charge is 0.135 e. The van der Waals surface area contributed by atoms with E-state index in [1.807, 2.05) is 11.3 Å². The molecule has 0 spiro atoms. The van der Waals surface area contributed by atoms with Gasteiger partial charge >= 0.3 is 0 Å². The average Bonchev–Trinajstić information content (AvgIpc) is 3.53. The SMILES string of the molecule is Bc1c(B)c(B)c(-c2ccc3c(c2)sc2cccc(-c4c5cccc(B)c5c(C5=C/C(=C)/C=C\C(C)/C=C\C(=C)/C=C\5)c5c(B)cccc45)c23)c(B)c1B. The average molecular weight is 702 g/mol. The maximum atomic E-state index is 4.48. The highest BCUT2D eigenvalue weighted by molar-refractivity contribution is 7.26. The lowest BCUT2D eigenvalue weighted by atomic mass is 9.59. The monoisotopic (exact) mass is 702 g/mol. The van der Waals surface area contributed by atoms with Crippen LogP contribution in [0, 0.1) is 5.92 Å². The molecule has 54 heavy (non-hydrogen) atoms. The summed E-state index contributed by atoms with van der Waals surface area (Å²) in [4.78, 5) is 0. The molecule has 0 amide bonds. The molecule has 0 N–H and O–H groups in total. The van der Waals surface area contributed by atoms with Crippen LogP contribution in [0.15, 0.2) is 140 Å². The van der Waals surface area contributed by atoms with Gasteiger partial charge in [0.05, 0.1) is 0 Å². The molecule has 0 bridgehead atoms. The minimum Gasteiger partial charge on any atom is -0.135 e. The molecule has 7 aromatic rings. The van der Waals surface area contributed by atoms with E-state index in [4.69, 9.17) is 0 Å². The summed E-state index contributed by atoms with van der Waals surface area (Å²) in [7, 11) is 15.9. The van der Waals surface area contributed by atoms with Crippen LogP contribution < -0.4 is 38.2 Å². The maximum Gasteiger partial charge on any atom is 0.140 e. The molecule has 1 aliphatic carbocycles. The quantitative estimate of drug-likeness (QED) is 0.193. The molecule has 8 rings (SSSR count). The second kappa shape index (κ2) is 14.0. The first-order valence-electron chi connectivity index (χ1n) is 19.1. The summed E-state index contributed by atoms with van der Waals surface area (Å²) < 4.78 is 2.64. The minimum atomic E-state index is 0.291. The third-order valence-electron chi connectivity index (χ3n) is 12.0. The molecule has 0 fully saturated rings. The summed E-state index contributed by atoms with van der Waals surface area (Å²) in [6, 6.07) is 27.7. The first kappa shape index (κ1) is 36.0. The van der Waals surface area contributed by atoms with Crippen molar-refractivity contribution in [3.05, 3.63) is 145 Å². The fraction of sp³-hybridized carbons (Fsp3) is 0.0435. The van der Waals surface area contributed by atoms with Crippen molar-refractivity contribution < 1.29 is 0 Å². The van der Waals surface area contributed by atoms with Gasteiger partial charge in [-0.1, -0.05) is 139 Å². The first-order valence-corrected chi connectivity index (χ1v) is 19.9. The van der Waals surface area contributed by atoms with Crippen LogP contribution in [0.4, 0.5) is 0 Å². The molecular formula is C46H41B7S. The molecule has 1 aliphatic rings. The summed E-state index contributed by atoms with van der Waals surface area (Å²) >= 11 is 1.91. The van der Waals surface area contributed by atoms with Gasteiger partial charge in [-0.2, -0.15) is 0 Å². The lowest BCUT2D eigenvalue weighted by Crippen LogP contribution is -2.55. The van der Waals surface area contributed by atoms with Crippen molar-refractivity contribution in [3.8, 4) is 22.3 Å². The zero-order valence-corrected chi connectivity index (χ0v) is 33.7. The largest absolute Gasteiger partial charge is 0.140 e. The van der Waals surface area contributed by atoms with Crippen LogP contribution in [0.1, 0.15) is 12.5 Å². The van der Waals surface area contributed by atoms with E-state index in [9.17, 15) is 0 Å². The van der Waals surface area contributed by atoms with Gasteiger partial charge in [0.15, 0.2) is 0 Å². The van der Waals surface area contributed by atoms with Crippen molar-refractivity contribution in [2.45, 2.75) is 6.92 Å². The van der Waals surface area contributed by atoms with Gasteiger partial charge in [-0.15, -0.1) is 27.7 Å². The molecule has 8 heteroatoms. The number of hydrogen-bond donors (Lipinski definition) is 0. The normalized spacial score (nSPS) is 17.8. The number of fused-ring (bicyclic) bond motifs is 5. The molecule has 0 saturated carbocycles. The summed E-state index contributed by atoms with van der Waals surface area (Å²) in [5.74, 6) is 0.291. The van der Waals surface area contributed by atoms with Gasteiger partial charge in [0, 0.05) is 20.2 Å². The molecule has 0 nitrogen and oxygen atoms in total. The van der Waals surface area contributed by atoms with E-state index in [1.165, 1.54) is 108 Å². The van der Waals surface area contributed by atoms with Crippen molar-refractivity contribution in [1.82, 2.24) is 0 Å². The maximum absolute atomic E-state index is 4.48. The number of benzene rings is 6. The topological polar surface area (TPSA) is 0 Å². The third-order valence-corrected chi connectivity index (χ3v) is 13.1. The molecule has 0 radical (unpaired) electrons. The predicted octanol–water partition coefficient (Wildman–Crippen LogP) is 1.32. The number of thiophene rings is 1. The molecular weight excluding hydrogens is 660 g/mol. The Morgan fingerprint density at radius 3 is 1.76 bits per heavy atom. The fourth-order valence-electron chi connectivity index (χ4n) is 8.71. The van der Waals surface area contributed by atoms with Gasteiger partial charge in [0.2, 0.25) is 0 Å². The van der Waals surface area contributed by atoms with Crippen molar-refractivity contribution in [3.63, 3.8) is 0 Å². The fourth-order valence-corrected chi connectivity index (χ4v) is 9.88. The summed E-state index contributed by atoms with van der Waals surface area (Å²) in [6.45, 7) is 11.0. The highest BCUT2D eigenvalue weighted by atomic mass is 32.1. The highest BCUT2D eigenvalue weighted by Gasteiger charge is 2.22. The first-order chi connectivity index (χ1) is 25.9. The Bertz CT molecular complexity index is 2810. The molecule has 252 valence electrons. The van der Waals surface area contributed by atoms with Gasteiger partial charge in [0.25, 0.3) is 0 Å². The second-order valence-corrected chi connectivity index (χ2v) is 16.5. The molecule has 1 unspecified atom stereocenters. The van der Waals surface area contributed by atoms with E-state index >= 15 is 0 Å². The molecule has 1 aromatic heterocycles. The van der Waals surface area contributed by atoms with E-state index in [0.29, 0.717) is 5.92 Å². The van der Waals surface area contributed by atoms with Gasteiger partial charge in [-0.3, -0.25) is 0 Å². The Morgan fingerprint density at radius 2 is 1.11 bits per heavy atom. The van der Waals surface area contributed by atoms with Crippen LogP contribution in [0.3, 0.4) is 0 Å². The van der Waals surface area contributed by atoms with Crippen LogP contribution in [0.2, 0.25) is 0 Å². The number of hydrogen-bond acceptors (Lipinski definition) is 1. The summed E-state index contributed by atoms with van der Waals surface area (Å²) in [5.41, 5.74) is 19.1. The van der Waals surface area contributed by atoms with Gasteiger partial charge in [0.1, 0.15) is 54.9 Å². The van der Waals surface area contributed by atoms with E-state index in [1.54, 1.807) is 0 Å². The van der Waals surface area contributed by atoms with Gasteiger partial charge in [-0.05, 0) is 90.2 Å². The lowest BCUT2D eigenvalue weighted by molar-refractivity contribution is 0.938. The summed E-state index contributed by atoms with van der Waals surface area (Å²) in [6.07, 6.45) is 15.3. The van der Waals surface area contributed by atoms with E-state index < -0.39 is 0 Å². The number of rotatable bonds is 3. The van der Waals surface area contributed by atoms with Crippen LogP contribution in [-0.2, 0) is 0 Å². The molecule has 6 aromatic carbocycles. The highest BCUT2D eigenvalue weighted by Crippen LogP contribution is 2.47. The Morgan fingerprint density at radius 1 is 0.519 bits per heavy atom. The Balaban J connectivity index is 1.44. The molecule has 1 heterocycles. The van der Waals surface area contributed by atoms with Crippen LogP contribution in [-0.4, -0.2) is 54.9 Å². The van der Waals surface area contributed by atoms with Crippen molar-refractivity contribution in [2.24, 2.45) is 5.92 Å². The standard InChI is InChI=1S/C46H41B7S/c1-23-13-14-24(2)17-18-26(21-25(3)16-15-23)36-40-30(7-4-10-32(40)47)38(31-8-5-11-33(48)41(31)36)29-9-6-12-34-39(29)28-20-19-27(22-35(28)54-34)37-42(49)44(51)46(53)45(52)43(37)50/h4-23H,2-3,47-53H2,1H3/b14-13-,16-15-,18-17-,26-21+. The van der Waals surface area contributed by atoms with Crippen LogP contribution >= 0.6 is 11.3 Å². The van der Waals surface area contributed by atoms with E-state index in [2.05, 4.69) is 190 Å². The second-order valence-electron chi connectivity index (χ2n) is 15.4. The molecule has 0 saturated heterocycles. The van der Waals surface area contributed by atoms with Crippen molar-refractivity contribution in [2.75, 3.05) is 0 Å². The Kier molecular flexibility index (Phi) is 9.31. The molecule has 1 atom stereocenters. The van der Waals surface area contributed by atoms with E-state index in [-0.39, 0.29) is 0 Å². The van der Waals surface area contributed by atoms with Crippen LogP contribution in [0.5, 0.6) is 0 Å². The van der Waals surface area contributed by atoms with Crippen LogP contribution in [0.25, 0.3) is 69.5 Å².